The predicted molar refractivity (Wildman–Crippen MR) is 32.7 cm³/mol. The first-order valence-corrected chi connectivity index (χ1v) is 2.70. The van der Waals surface area contributed by atoms with Crippen molar-refractivity contribution in [3.05, 3.63) is 0 Å². The van der Waals surface area contributed by atoms with E-state index in [1.807, 2.05) is 0 Å². The second-order valence-corrected chi connectivity index (χ2v) is 1.59. The Morgan fingerprint density at radius 3 is 2.78 bits per heavy atom. The highest BCUT2D eigenvalue weighted by molar-refractivity contribution is 5.73. The van der Waals surface area contributed by atoms with Gasteiger partial charge in [-0.05, 0) is 0 Å². The molecule has 9 heavy (non-hydrogen) atoms. The highest BCUT2D eigenvalue weighted by Gasteiger charge is 1.90. The summed E-state index contributed by atoms with van der Waals surface area (Å²) in [6, 6.07) is 0. The van der Waals surface area contributed by atoms with E-state index in [-0.39, 0.29) is 18.9 Å². The molecule has 0 fully saturated rings. The van der Waals surface area contributed by atoms with Crippen molar-refractivity contribution in [2.45, 2.75) is 6.42 Å². The van der Waals surface area contributed by atoms with Crippen LogP contribution in [0.25, 0.3) is 0 Å². The number of hydrogen-bond acceptors (Lipinski definition) is 3. The molecule has 0 bridgehead atoms. The van der Waals surface area contributed by atoms with E-state index in [0.29, 0.717) is 6.54 Å². The van der Waals surface area contributed by atoms with Crippen LogP contribution < -0.4 is 11.1 Å². The molecular weight excluding hydrogens is 120 g/mol. The standard InChI is InChI=1S/C5H10N2O2/c6-5(9)1-2-7-3-4-8/h4,7H,1-3H2,(H2,6,9). The van der Waals surface area contributed by atoms with Gasteiger partial charge in [0.05, 0.1) is 6.54 Å². The quantitative estimate of drug-likeness (QED) is 0.357. The summed E-state index contributed by atoms with van der Waals surface area (Å²) in [6.07, 6.45) is 1.02. The first-order chi connectivity index (χ1) is 4.27. The number of nitrogens with one attached hydrogen (secondary N) is 1. The minimum Gasteiger partial charge on any atom is -0.370 e. The lowest BCUT2D eigenvalue weighted by Crippen LogP contribution is -2.23. The van der Waals surface area contributed by atoms with Gasteiger partial charge in [0.2, 0.25) is 5.91 Å². The normalized spacial score (nSPS) is 8.89. The monoisotopic (exact) mass is 130 g/mol. The van der Waals surface area contributed by atoms with E-state index in [1.165, 1.54) is 0 Å². The first-order valence-electron chi connectivity index (χ1n) is 2.70. The van der Waals surface area contributed by atoms with Crippen LogP contribution in [0.5, 0.6) is 0 Å². The van der Waals surface area contributed by atoms with E-state index in [2.05, 4.69) is 5.32 Å². The lowest BCUT2D eigenvalue weighted by atomic mass is 10.4. The van der Waals surface area contributed by atoms with Crippen molar-refractivity contribution in [3.8, 4) is 0 Å². The molecule has 0 unspecified atom stereocenters. The van der Waals surface area contributed by atoms with E-state index in [4.69, 9.17) is 5.73 Å². The van der Waals surface area contributed by atoms with Crippen LogP contribution in [0.4, 0.5) is 0 Å². The molecule has 0 rings (SSSR count). The van der Waals surface area contributed by atoms with Crippen LogP contribution in [0.15, 0.2) is 0 Å². The van der Waals surface area contributed by atoms with E-state index in [9.17, 15) is 9.59 Å². The molecule has 0 aromatic rings. The topological polar surface area (TPSA) is 72.2 Å². The number of hydrogen-bond donors (Lipinski definition) is 2. The van der Waals surface area contributed by atoms with Gasteiger partial charge in [0.25, 0.3) is 0 Å². The summed E-state index contributed by atoms with van der Waals surface area (Å²) in [7, 11) is 0. The molecular formula is C5H10N2O2. The fourth-order valence-electron chi connectivity index (χ4n) is 0.373. The fraction of sp³-hybridized carbons (Fsp3) is 0.600. The highest BCUT2D eigenvalue weighted by atomic mass is 16.1. The van der Waals surface area contributed by atoms with Crippen LogP contribution >= 0.6 is 0 Å². The Kier molecular flexibility index (Phi) is 4.72. The number of carbonyl (C=O) groups excluding carboxylic acids is 2. The second-order valence-electron chi connectivity index (χ2n) is 1.59. The molecule has 0 radical (unpaired) electrons. The summed E-state index contributed by atoms with van der Waals surface area (Å²) in [5.74, 6) is -0.353. The molecule has 0 aliphatic heterocycles. The predicted octanol–water partition coefficient (Wildman–Crippen LogP) is -1.35. The van der Waals surface area contributed by atoms with Crippen molar-refractivity contribution in [1.29, 1.82) is 0 Å². The number of amides is 1. The van der Waals surface area contributed by atoms with Crippen LogP contribution in [-0.2, 0) is 9.59 Å². The number of aldehydes is 1. The maximum Gasteiger partial charge on any atom is 0.218 e. The SMILES string of the molecule is NC(=O)CCNCC=O. The Hall–Kier alpha value is -0.900. The van der Waals surface area contributed by atoms with Crippen molar-refractivity contribution < 1.29 is 9.59 Å². The Morgan fingerprint density at radius 2 is 2.33 bits per heavy atom. The van der Waals surface area contributed by atoms with E-state index >= 15 is 0 Å². The molecule has 0 heterocycles. The minimum atomic E-state index is -0.353. The first kappa shape index (κ1) is 8.10. The van der Waals surface area contributed by atoms with Gasteiger partial charge in [-0.25, -0.2) is 0 Å². The second kappa shape index (κ2) is 5.24. The van der Waals surface area contributed by atoms with Crippen molar-refractivity contribution in [1.82, 2.24) is 5.32 Å². The van der Waals surface area contributed by atoms with Crippen LogP contribution in [0.2, 0.25) is 0 Å². The molecule has 4 heteroatoms. The molecule has 0 saturated heterocycles. The van der Waals surface area contributed by atoms with Gasteiger partial charge >= 0.3 is 0 Å². The Morgan fingerprint density at radius 1 is 1.67 bits per heavy atom. The summed E-state index contributed by atoms with van der Waals surface area (Å²) in [5, 5.41) is 2.70. The third kappa shape index (κ3) is 7.10. The van der Waals surface area contributed by atoms with Gasteiger partial charge in [0, 0.05) is 13.0 Å². The Balaban J connectivity index is 2.91. The molecule has 0 atom stereocenters. The molecule has 0 aromatic carbocycles. The Bertz CT molecular complexity index is 103. The lowest BCUT2D eigenvalue weighted by molar-refractivity contribution is -0.118. The fourth-order valence-corrected chi connectivity index (χ4v) is 0.373. The molecule has 52 valence electrons. The van der Waals surface area contributed by atoms with Crippen molar-refractivity contribution in [2.24, 2.45) is 5.73 Å². The van der Waals surface area contributed by atoms with Gasteiger partial charge in [0.15, 0.2) is 0 Å². The van der Waals surface area contributed by atoms with Gasteiger partial charge in [-0.3, -0.25) is 4.79 Å². The third-order valence-electron chi connectivity index (χ3n) is 0.776. The average molecular weight is 130 g/mol. The summed E-state index contributed by atoms with van der Waals surface area (Å²) in [5.41, 5.74) is 4.81. The average Bonchev–Trinajstić information content (AvgIpc) is 1.80. The zero-order valence-corrected chi connectivity index (χ0v) is 5.09. The minimum absolute atomic E-state index is 0.285. The number of carbonyl (C=O) groups is 2. The van der Waals surface area contributed by atoms with Crippen molar-refractivity contribution in [3.63, 3.8) is 0 Å². The smallest absolute Gasteiger partial charge is 0.218 e. The molecule has 4 nitrogen and oxygen atoms in total. The van der Waals surface area contributed by atoms with Crippen LogP contribution in [0.1, 0.15) is 6.42 Å². The highest BCUT2D eigenvalue weighted by Crippen LogP contribution is 1.69. The largest absolute Gasteiger partial charge is 0.370 e. The van der Waals surface area contributed by atoms with Crippen LogP contribution in [0, 0.1) is 0 Å². The summed E-state index contributed by atoms with van der Waals surface area (Å²) in [4.78, 5) is 19.7. The van der Waals surface area contributed by atoms with Gasteiger partial charge < -0.3 is 15.8 Å². The zero-order valence-electron chi connectivity index (χ0n) is 5.09. The maximum absolute atomic E-state index is 10.1. The van der Waals surface area contributed by atoms with Gasteiger partial charge in [-0.1, -0.05) is 0 Å². The molecule has 0 aromatic heterocycles. The van der Waals surface area contributed by atoms with Crippen LogP contribution in [0.3, 0.4) is 0 Å². The number of nitrogens with two attached hydrogens (primary N) is 1. The number of rotatable bonds is 5. The van der Waals surface area contributed by atoms with Gasteiger partial charge in [-0.2, -0.15) is 0 Å². The molecule has 0 saturated carbocycles. The van der Waals surface area contributed by atoms with Gasteiger partial charge in [-0.15, -0.1) is 0 Å². The molecule has 0 spiro atoms. The molecule has 3 N–H and O–H groups in total. The third-order valence-corrected chi connectivity index (χ3v) is 0.776. The molecule has 1 amide bonds. The maximum atomic E-state index is 10.1. The Labute approximate surface area is 53.4 Å². The van der Waals surface area contributed by atoms with Crippen molar-refractivity contribution >= 4 is 12.2 Å². The summed E-state index contributed by atoms with van der Waals surface area (Å²) < 4.78 is 0. The lowest BCUT2D eigenvalue weighted by Gasteiger charge is -1.94. The summed E-state index contributed by atoms with van der Waals surface area (Å²) in [6.45, 7) is 0.765. The molecule has 0 aliphatic carbocycles. The number of primary amides is 1. The molecule has 0 aliphatic rings. The van der Waals surface area contributed by atoms with E-state index < -0.39 is 0 Å². The van der Waals surface area contributed by atoms with E-state index in [1.54, 1.807) is 0 Å². The van der Waals surface area contributed by atoms with E-state index in [0.717, 1.165) is 6.29 Å². The zero-order chi connectivity index (χ0) is 7.11. The summed E-state index contributed by atoms with van der Waals surface area (Å²) >= 11 is 0. The van der Waals surface area contributed by atoms with Crippen molar-refractivity contribution in [2.75, 3.05) is 13.1 Å². The van der Waals surface area contributed by atoms with Crippen LogP contribution in [-0.4, -0.2) is 25.3 Å². The van der Waals surface area contributed by atoms with Gasteiger partial charge in [0.1, 0.15) is 6.29 Å².